The summed E-state index contributed by atoms with van der Waals surface area (Å²) in [6.07, 6.45) is 4.50. The van der Waals surface area contributed by atoms with Crippen LogP contribution in [0, 0.1) is 0 Å². The van der Waals surface area contributed by atoms with Crippen LogP contribution in [0.4, 0.5) is 5.82 Å². The second kappa shape index (κ2) is 16.3. The Morgan fingerprint density at radius 3 is 2.17 bits per heavy atom. The zero-order chi connectivity index (χ0) is 26.2. The number of hydrazine groups is 1. The second-order valence-corrected chi connectivity index (χ2v) is 9.00. The molecule has 3 aromatic rings. The molecule has 0 aliphatic carbocycles. The smallest absolute Gasteiger partial charge is 0.225 e. The molecule has 1 heterocycles. The van der Waals surface area contributed by atoms with E-state index in [0.29, 0.717) is 17.6 Å². The van der Waals surface area contributed by atoms with Gasteiger partial charge in [-0.2, -0.15) is 0 Å². The molecule has 0 radical (unpaired) electrons. The number of nitrogens with one attached hydrogen (secondary N) is 2. The van der Waals surface area contributed by atoms with Crippen molar-refractivity contribution in [3.8, 4) is 22.5 Å². The topological polar surface area (TPSA) is 82.5 Å². The number of hydrogen-bond acceptors (Lipinski definition) is 6. The van der Waals surface area contributed by atoms with E-state index in [1.807, 2.05) is 56.4 Å². The first-order valence-corrected chi connectivity index (χ1v) is 13.4. The Labute approximate surface area is 219 Å². The molecule has 0 unspecified atom stereocenters. The highest BCUT2D eigenvalue weighted by molar-refractivity contribution is 8.13. The van der Waals surface area contributed by atoms with E-state index in [9.17, 15) is 4.79 Å². The number of carbonyl (C=O) groups is 1. The third kappa shape index (κ3) is 8.68. The Bertz CT molecular complexity index is 1060. The molecule has 7 nitrogen and oxygen atoms in total. The molecule has 8 heteroatoms. The summed E-state index contributed by atoms with van der Waals surface area (Å²) in [6, 6.07) is 20.7. The van der Waals surface area contributed by atoms with Crippen LogP contribution >= 0.6 is 11.8 Å². The number of anilines is 1. The molecule has 0 aliphatic heterocycles. The van der Waals surface area contributed by atoms with Crippen molar-refractivity contribution in [3.05, 3.63) is 66.9 Å². The van der Waals surface area contributed by atoms with Crippen LogP contribution in [-0.2, 0) is 4.79 Å². The average molecular weight is 507 g/mol. The van der Waals surface area contributed by atoms with Crippen LogP contribution < -0.4 is 15.8 Å². The molecule has 0 saturated carbocycles. The number of amides is 1. The first kappa shape index (κ1) is 28.8. The molecule has 0 saturated heterocycles. The lowest BCUT2D eigenvalue weighted by Crippen LogP contribution is -2.34. The summed E-state index contributed by atoms with van der Waals surface area (Å²) < 4.78 is 0. The van der Waals surface area contributed by atoms with Crippen molar-refractivity contribution in [1.29, 1.82) is 0 Å². The van der Waals surface area contributed by atoms with Crippen molar-refractivity contribution in [3.63, 3.8) is 0 Å². The highest BCUT2D eigenvalue weighted by atomic mass is 32.2. The summed E-state index contributed by atoms with van der Waals surface area (Å²) in [4.78, 5) is 26.8. The van der Waals surface area contributed by atoms with Crippen LogP contribution in [0.15, 0.2) is 71.9 Å². The van der Waals surface area contributed by atoms with Crippen LogP contribution in [0.3, 0.4) is 0 Å². The summed E-state index contributed by atoms with van der Waals surface area (Å²) in [7, 11) is 1.70. The van der Waals surface area contributed by atoms with E-state index in [4.69, 9.17) is 9.97 Å². The van der Waals surface area contributed by atoms with Crippen LogP contribution in [0.25, 0.3) is 22.5 Å². The molecule has 0 spiro atoms. The lowest BCUT2D eigenvalue weighted by atomic mass is 10.0. The molecule has 192 valence electrons. The number of benzene rings is 2. The van der Waals surface area contributed by atoms with Gasteiger partial charge in [-0.15, -0.1) is 0 Å². The molecule has 0 bridgehead atoms. The van der Waals surface area contributed by atoms with Gasteiger partial charge in [0.2, 0.25) is 6.41 Å². The predicted octanol–water partition coefficient (Wildman–Crippen LogP) is 5.80. The Morgan fingerprint density at radius 2 is 1.61 bits per heavy atom. The second-order valence-electron chi connectivity index (χ2n) is 7.92. The van der Waals surface area contributed by atoms with E-state index in [-0.39, 0.29) is 0 Å². The van der Waals surface area contributed by atoms with Crippen LogP contribution in [0.5, 0.6) is 0 Å². The van der Waals surface area contributed by atoms with Gasteiger partial charge in [0.1, 0.15) is 5.82 Å². The quantitative estimate of drug-likeness (QED) is 0.112. The monoisotopic (exact) mass is 506 g/mol. The van der Waals surface area contributed by atoms with Crippen molar-refractivity contribution in [2.75, 3.05) is 24.2 Å². The fraction of sp³-hybridized carbons (Fsp3) is 0.357. The summed E-state index contributed by atoms with van der Waals surface area (Å²) in [5.41, 5.74) is 9.08. The molecule has 0 aliphatic rings. The minimum Gasteiger partial charge on any atom is -0.353 e. The zero-order valence-corrected chi connectivity index (χ0v) is 22.8. The molecular weight excluding hydrogens is 468 g/mol. The number of amidine groups is 1. The molecule has 2 aromatic carbocycles. The van der Waals surface area contributed by atoms with Gasteiger partial charge in [-0.05, 0) is 26.7 Å². The first-order valence-electron chi connectivity index (χ1n) is 12.4. The van der Waals surface area contributed by atoms with E-state index in [1.54, 1.807) is 18.8 Å². The van der Waals surface area contributed by atoms with Gasteiger partial charge in [-0.3, -0.25) is 25.6 Å². The Morgan fingerprint density at radius 1 is 1.00 bits per heavy atom. The summed E-state index contributed by atoms with van der Waals surface area (Å²) >= 11 is 1.59. The number of thioether (sulfide) groups is 1. The van der Waals surface area contributed by atoms with E-state index >= 15 is 0 Å². The van der Waals surface area contributed by atoms with Gasteiger partial charge in [0.25, 0.3) is 0 Å². The number of aliphatic imine (C=N–C) groups is 1. The third-order valence-corrected chi connectivity index (χ3v) is 6.30. The molecule has 0 fully saturated rings. The fourth-order valence-corrected chi connectivity index (χ4v) is 4.36. The molecule has 36 heavy (non-hydrogen) atoms. The number of rotatable bonds is 11. The highest BCUT2D eigenvalue weighted by Crippen LogP contribution is 2.31. The SMILES string of the molecule is CC.CN=C(NNC=O)SCCCCN(c1cnc(-c2ccccc2)c(-c2ccccc2)n1)C(C)C. The standard InChI is InChI=1S/C26H32N6OS.C2H6/c1-20(2)32(16-10-11-17-34-26(27-3)31-29-19-33)23-18-28-24(21-12-6-4-7-13-21)25(30-23)22-14-8-5-9-15-22;1-2/h4-9,12-15,18-20H,10-11,16-17H2,1-3H3,(H,27,31)(H,29,33);1-2H3. The summed E-state index contributed by atoms with van der Waals surface area (Å²) in [6.45, 7) is 9.24. The van der Waals surface area contributed by atoms with Gasteiger partial charge in [-0.1, -0.05) is 86.3 Å². The Kier molecular flexibility index (Phi) is 13.1. The number of carbonyl (C=O) groups excluding carboxylic acids is 1. The van der Waals surface area contributed by atoms with Crippen molar-refractivity contribution in [2.45, 2.75) is 46.6 Å². The molecule has 0 atom stereocenters. The van der Waals surface area contributed by atoms with Gasteiger partial charge in [0.15, 0.2) is 5.17 Å². The van der Waals surface area contributed by atoms with Crippen molar-refractivity contribution in [1.82, 2.24) is 20.8 Å². The average Bonchev–Trinajstić information content (AvgIpc) is 2.94. The van der Waals surface area contributed by atoms with Crippen molar-refractivity contribution >= 4 is 29.2 Å². The summed E-state index contributed by atoms with van der Waals surface area (Å²) in [5.74, 6) is 1.79. The number of nitrogens with zero attached hydrogens (tertiary/aromatic N) is 4. The normalized spacial score (nSPS) is 10.9. The predicted molar refractivity (Wildman–Crippen MR) is 154 cm³/mol. The molecule has 1 amide bonds. The lowest BCUT2D eigenvalue weighted by molar-refractivity contribution is -0.110. The van der Waals surface area contributed by atoms with E-state index < -0.39 is 0 Å². The Balaban J connectivity index is 0.00000222. The largest absolute Gasteiger partial charge is 0.353 e. The molecule has 3 rings (SSSR count). The zero-order valence-electron chi connectivity index (χ0n) is 21.9. The van der Waals surface area contributed by atoms with Gasteiger partial charge in [0, 0.05) is 36.5 Å². The van der Waals surface area contributed by atoms with Gasteiger partial charge in [0.05, 0.1) is 17.6 Å². The highest BCUT2D eigenvalue weighted by Gasteiger charge is 2.17. The number of unbranched alkanes of at least 4 members (excludes halogenated alkanes) is 1. The van der Waals surface area contributed by atoms with E-state index in [1.165, 1.54) is 0 Å². The molecular formula is C28H38N6OS. The number of aromatic nitrogens is 2. The molecule has 2 N–H and O–H groups in total. The van der Waals surface area contributed by atoms with Crippen LogP contribution in [0.1, 0.15) is 40.5 Å². The maximum absolute atomic E-state index is 10.4. The van der Waals surface area contributed by atoms with Crippen LogP contribution in [-0.4, -0.2) is 46.9 Å². The van der Waals surface area contributed by atoms with Crippen molar-refractivity contribution < 1.29 is 4.79 Å². The lowest BCUT2D eigenvalue weighted by Gasteiger charge is -2.28. The van der Waals surface area contributed by atoms with Crippen LogP contribution in [0.2, 0.25) is 0 Å². The number of hydrogen-bond donors (Lipinski definition) is 2. The van der Waals surface area contributed by atoms with Gasteiger partial charge in [-0.25, -0.2) is 4.98 Å². The summed E-state index contributed by atoms with van der Waals surface area (Å²) in [5, 5.41) is 0.697. The maximum Gasteiger partial charge on any atom is 0.225 e. The minimum atomic E-state index is 0.291. The van der Waals surface area contributed by atoms with E-state index in [2.05, 4.69) is 58.9 Å². The maximum atomic E-state index is 10.4. The van der Waals surface area contributed by atoms with E-state index in [0.717, 1.165) is 53.5 Å². The fourth-order valence-electron chi connectivity index (χ4n) is 3.56. The van der Waals surface area contributed by atoms with Crippen molar-refractivity contribution in [2.24, 2.45) is 4.99 Å². The van der Waals surface area contributed by atoms with Gasteiger partial charge >= 0.3 is 0 Å². The molecule has 1 aromatic heterocycles. The first-order chi connectivity index (χ1) is 17.6. The minimum absolute atomic E-state index is 0.291. The van der Waals surface area contributed by atoms with Gasteiger partial charge < -0.3 is 4.90 Å². The Hall–Kier alpha value is -3.39. The third-order valence-electron chi connectivity index (χ3n) is 5.25.